The molecular weight excluding hydrogens is 378 g/mol. The van der Waals surface area contributed by atoms with Crippen molar-refractivity contribution in [3.05, 3.63) is 70.9 Å². The summed E-state index contributed by atoms with van der Waals surface area (Å²) in [5, 5.41) is 1.12. The molecule has 0 spiro atoms. The van der Waals surface area contributed by atoms with E-state index in [4.69, 9.17) is 4.74 Å². The lowest BCUT2D eigenvalue weighted by Crippen LogP contribution is -2.42. The lowest BCUT2D eigenvalue weighted by Gasteiger charge is -2.29. The number of amides is 2. The average molecular weight is 403 g/mol. The molecule has 2 aromatic carbocycles. The van der Waals surface area contributed by atoms with Crippen LogP contribution in [-0.2, 0) is 9.53 Å². The van der Waals surface area contributed by atoms with Gasteiger partial charge in [-0.25, -0.2) is 0 Å². The van der Waals surface area contributed by atoms with E-state index in [1.807, 2.05) is 46.2 Å². The van der Waals surface area contributed by atoms with Crippen LogP contribution in [-0.4, -0.2) is 59.4 Å². The van der Waals surface area contributed by atoms with Crippen molar-refractivity contribution < 1.29 is 14.3 Å². The maximum Gasteiger partial charge on any atom is 0.255 e. The summed E-state index contributed by atoms with van der Waals surface area (Å²) in [5.74, 6) is 0.0755. The van der Waals surface area contributed by atoms with Gasteiger partial charge < -0.3 is 19.5 Å². The van der Waals surface area contributed by atoms with E-state index in [0.717, 1.165) is 33.3 Å². The van der Waals surface area contributed by atoms with Gasteiger partial charge in [-0.3, -0.25) is 9.59 Å². The minimum Gasteiger partial charge on any atom is -0.378 e. The number of aryl methyl sites for hydroxylation is 1. The molecule has 1 saturated heterocycles. The summed E-state index contributed by atoms with van der Waals surface area (Å²) in [6.07, 6.45) is 0.317. The molecule has 0 radical (unpaired) electrons. The Bertz CT molecular complexity index is 1110. The van der Waals surface area contributed by atoms with Gasteiger partial charge in [-0.15, -0.1) is 0 Å². The Morgan fingerprint density at radius 2 is 1.83 bits per heavy atom. The second-order valence-electron chi connectivity index (χ2n) is 7.94. The van der Waals surface area contributed by atoms with E-state index >= 15 is 0 Å². The number of carbonyl (C=O) groups excluding carboxylic acids is 2. The molecule has 2 aliphatic heterocycles. The molecule has 30 heavy (non-hydrogen) atoms. The van der Waals surface area contributed by atoms with E-state index < -0.39 is 0 Å². The van der Waals surface area contributed by atoms with Crippen molar-refractivity contribution in [3.8, 4) is 0 Å². The van der Waals surface area contributed by atoms with E-state index in [0.29, 0.717) is 39.3 Å². The highest BCUT2D eigenvalue weighted by Gasteiger charge is 2.39. The molecule has 154 valence electrons. The van der Waals surface area contributed by atoms with Crippen LogP contribution in [0.15, 0.2) is 48.5 Å². The normalized spacial score (nSPS) is 18.8. The third kappa shape index (κ3) is 3.08. The fourth-order valence-electron chi connectivity index (χ4n) is 4.75. The molecule has 6 nitrogen and oxygen atoms in total. The highest BCUT2D eigenvalue weighted by molar-refractivity contribution is 6.01. The summed E-state index contributed by atoms with van der Waals surface area (Å²) in [6.45, 7) is 4.86. The Balaban J connectivity index is 1.50. The van der Waals surface area contributed by atoms with Gasteiger partial charge in [0.15, 0.2) is 0 Å². The number of hydrogen-bond donors (Lipinski definition) is 1. The number of aromatic nitrogens is 1. The van der Waals surface area contributed by atoms with Crippen LogP contribution < -0.4 is 0 Å². The second-order valence-corrected chi connectivity index (χ2v) is 7.94. The van der Waals surface area contributed by atoms with Crippen molar-refractivity contribution in [2.75, 3.05) is 32.8 Å². The number of aromatic amines is 1. The second kappa shape index (κ2) is 7.61. The van der Waals surface area contributed by atoms with Crippen molar-refractivity contribution in [3.63, 3.8) is 0 Å². The number of nitrogens with one attached hydrogen (secondary N) is 1. The molecule has 3 heterocycles. The smallest absolute Gasteiger partial charge is 0.255 e. The number of ether oxygens (including phenoxy) is 1. The van der Waals surface area contributed by atoms with Crippen molar-refractivity contribution in [2.24, 2.45) is 0 Å². The molecule has 1 atom stereocenters. The molecule has 2 aliphatic rings. The molecule has 3 aromatic rings. The highest BCUT2D eigenvalue weighted by Crippen LogP contribution is 2.42. The number of para-hydroxylation sites is 1. The maximum absolute atomic E-state index is 13.3. The summed E-state index contributed by atoms with van der Waals surface area (Å²) in [6, 6.07) is 15.8. The van der Waals surface area contributed by atoms with Gasteiger partial charge in [-0.2, -0.15) is 0 Å². The minimum atomic E-state index is -0.192. The number of rotatable bonds is 4. The van der Waals surface area contributed by atoms with Crippen LogP contribution >= 0.6 is 0 Å². The number of H-pyrrole nitrogens is 1. The molecule has 1 aromatic heterocycles. The summed E-state index contributed by atoms with van der Waals surface area (Å²) >= 11 is 0. The maximum atomic E-state index is 13.3. The van der Waals surface area contributed by atoms with Crippen molar-refractivity contribution in [1.82, 2.24) is 14.8 Å². The van der Waals surface area contributed by atoms with Gasteiger partial charge in [0.2, 0.25) is 5.91 Å². The summed E-state index contributed by atoms with van der Waals surface area (Å²) in [4.78, 5) is 33.2. The Morgan fingerprint density at radius 3 is 2.67 bits per heavy atom. The van der Waals surface area contributed by atoms with Gasteiger partial charge in [-0.1, -0.05) is 36.4 Å². The van der Waals surface area contributed by atoms with Crippen molar-refractivity contribution in [2.45, 2.75) is 19.4 Å². The summed E-state index contributed by atoms with van der Waals surface area (Å²) in [7, 11) is 0. The molecule has 6 heteroatoms. The largest absolute Gasteiger partial charge is 0.378 e. The zero-order chi connectivity index (χ0) is 20.7. The number of morpholine rings is 1. The summed E-state index contributed by atoms with van der Waals surface area (Å²) < 4.78 is 5.35. The zero-order valence-corrected chi connectivity index (χ0v) is 17.1. The first kappa shape index (κ1) is 18.9. The topological polar surface area (TPSA) is 65.6 Å². The van der Waals surface area contributed by atoms with Gasteiger partial charge in [0, 0.05) is 53.8 Å². The lowest BCUT2D eigenvalue weighted by atomic mass is 9.95. The Kier molecular flexibility index (Phi) is 4.79. The first-order valence-corrected chi connectivity index (χ1v) is 10.5. The Morgan fingerprint density at radius 1 is 1.10 bits per heavy atom. The molecule has 5 rings (SSSR count). The van der Waals surface area contributed by atoms with E-state index in [2.05, 4.69) is 24.0 Å². The van der Waals surface area contributed by atoms with Crippen LogP contribution in [0, 0.1) is 6.92 Å². The van der Waals surface area contributed by atoms with E-state index in [1.165, 1.54) is 0 Å². The standard InChI is InChI=1S/C24H25N3O3/c1-16-22(19-8-4-5-9-20(19)25-16)23-17-6-2-3-7-18(17)24(29)27(23)11-10-21(28)26-12-14-30-15-13-26/h2-9,23,25H,10-15H2,1H3/t23-/m1/s1. The fraction of sp³-hybridized carbons (Fsp3) is 0.333. The Hall–Kier alpha value is -3.12. The molecule has 1 fully saturated rings. The predicted molar refractivity (Wildman–Crippen MR) is 114 cm³/mol. The quantitative estimate of drug-likeness (QED) is 0.727. The molecule has 0 unspecified atom stereocenters. The van der Waals surface area contributed by atoms with Crippen LogP contribution in [0.25, 0.3) is 10.9 Å². The zero-order valence-electron chi connectivity index (χ0n) is 17.1. The van der Waals surface area contributed by atoms with Crippen LogP contribution in [0.1, 0.15) is 39.6 Å². The third-order valence-corrected chi connectivity index (χ3v) is 6.21. The fourth-order valence-corrected chi connectivity index (χ4v) is 4.75. The number of hydrogen-bond acceptors (Lipinski definition) is 3. The van der Waals surface area contributed by atoms with Gasteiger partial charge in [0.25, 0.3) is 5.91 Å². The monoisotopic (exact) mass is 403 g/mol. The number of carbonyl (C=O) groups is 2. The lowest BCUT2D eigenvalue weighted by molar-refractivity contribution is -0.135. The number of fused-ring (bicyclic) bond motifs is 2. The average Bonchev–Trinajstić information content (AvgIpc) is 3.25. The van der Waals surface area contributed by atoms with Gasteiger partial charge in [0.1, 0.15) is 0 Å². The van der Waals surface area contributed by atoms with E-state index in [1.54, 1.807) is 0 Å². The first-order chi connectivity index (χ1) is 14.6. The van der Waals surface area contributed by atoms with Crippen LogP contribution in [0.5, 0.6) is 0 Å². The van der Waals surface area contributed by atoms with E-state index in [9.17, 15) is 9.59 Å². The SMILES string of the molecule is Cc1[nH]c2ccccc2c1[C@H]1c2ccccc2C(=O)N1CCC(=O)N1CCOCC1. The molecule has 0 aliphatic carbocycles. The molecule has 2 amide bonds. The number of benzene rings is 2. The number of nitrogens with zero attached hydrogens (tertiary/aromatic N) is 2. The molecule has 0 saturated carbocycles. The van der Waals surface area contributed by atoms with Gasteiger partial charge in [0.05, 0.1) is 19.3 Å². The Labute approximate surface area is 175 Å². The van der Waals surface area contributed by atoms with Crippen LogP contribution in [0.3, 0.4) is 0 Å². The van der Waals surface area contributed by atoms with Gasteiger partial charge >= 0.3 is 0 Å². The minimum absolute atomic E-state index is 0.00458. The molecule has 1 N–H and O–H groups in total. The van der Waals surface area contributed by atoms with E-state index in [-0.39, 0.29) is 17.9 Å². The predicted octanol–water partition coefficient (Wildman–Crippen LogP) is 3.27. The van der Waals surface area contributed by atoms with Crippen LogP contribution in [0.4, 0.5) is 0 Å². The van der Waals surface area contributed by atoms with Crippen molar-refractivity contribution in [1.29, 1.82) is 0 Å². The first-order valence-electron chi connectivity index (χ1n) is 10.5. The van der Waals surface area contributed by atoms with Crippen molar-refractivity contribution >= 4 is 22.7 Å². The molecular formula is C24H25N3O3. The van der Waals surface area contributed by atoms with Crippen LogP contribution in [0.2, 0.25) is 0 Å². The highest BCUT2D eigenvalue weighted by atomic mass is 16.5. The third-order valence-electron chi connectivity index (χ3n) is 6.21. The molecule has 0 bridgehead atoms. The summed E-state index contributed by atoms with van der Waals surface area (Å²) in [5.41, 5.74) is 4.96. The van der Waals surface area contributed by atoms with Gasteiger partial charge in [-0.05, 0) is 24.6 Å².